The molecule has 0 radical (unpaired) electrons. The lowest BCUT2D eigenvalue weighted by Crippen LogP contribution is -2.40. The van der Waals surface area contributed by atoms with Crippen LogP contribution in [-0.4, -0.2) is 30.4 Å². The Balaban J connectivity index is 1.64. The molecule has 0 fully saturated rings. The first kappa shape index (κ1) is 33.8. The van der Waals surface area contributed by atoms with Crippen LogP contribution in [0.5, 0.6) is 17.2 Å². The Kier molecular flexibility index (Phi) is 10.4. The number of hydrogen-bond acceptors (Lipinski definition) is 9. The number of fused-ring (bicyclic) bond motifs is 1. The fourth-order valence-corrected chi connectivity index (χ4v) is 6.73. The largest absolute Gasteiger partial charge is 0.493 e. The zero-order valence-electron chi connectivity index (χ0n) is 26.3. The van der Waals surface area contributed by atoms with Crippen molar-refractivity contribution in [3.05, 3.63) is 118 Å². The van der Waals surface area contributed by atoms with Crippen molar-refractivity contribution in [3.63, 3.8) is 0 Å². The average molecular weight is 693 g/mol. The summed E-state index contributed by atoms with van der Waals surface area (Å²) in [4.78, 5) is 32.6. The molecule has 0 amide bonds. The van der Waals surface area contributed by atoms with Gasteiger partial charge in [-0.05, 0) is 81.3 Å². The molecule has 5 rings (SSSR count). The maximum absolute atomic E-state index is 14.2. The SMILES string of the molecule is CCOC(=O)C1=C(C)N=c2s/c(=C/c3cc(Cl)cc(Cl)c3OCc3ccc(C#N)cc3)c(=O)n2[C@H]1c1ccc(OC(C)C)c(OC)c1. The monoisotopic (exact) mass is 691 g/mol. The Morgan fingerprint density at radius 1 is 1.13 bits per heavy atom. The Bertz CT molecular complexity index is 2100. The molecule has 9 nitrogen and oxygen atoms in total. The van der Waals surface area contributed by atoms with Crippen molar-refractivity contribution in [3.8, 4) is 23.3 Å². The lowest BCUT2D eigenvalue weighted by Gasteiger charge is -2.25. The van der Waals surface area contributed by atoms with Crippen molar-refractivity contribution in [2.24, 2.45) is 4.99 Å². The van der Waals surface area contributed by atoms with Gasteiger partial charge >= 0.3 is 5.97 Å². The zero-order chi connectivity index (χ0) is 33.8. The Morgan fingerprint density at radius 3 is 2.53 bits per heavy atom. The third-order valence-electron chi connectivity index (χ3n) is 7.17. The van der Waals surface area contributed by atoms with Crippen LogP contribution in [0.15, 0.2) is 75.7 Å². The van der Waals surface area contributed by atoms with E-state index in [1.807, 2.05) is 13.8 Å². The molecule has 2 heterocycles. The first-order valence-corrected chi connectivity index (χ1v) is 16.3. The van der Waals surface area contributed by atoms with Crippen molar-refractivity contribution in [1.29, 1.82) is 5.26 Å². The van der Waals surface area contributed by atoms with Crippen molar-refractivity contribution >= 4 is 46.6 Å². The van der Waals surface area contributed by atoms with Crippen LogP contribution >= 0.6 is 34.5 Å². The molecule has 0 N–H and O–H groups in total. The highest BCUT2D eigenvalue weighted by atomic mass is 35.5. The van der Waals surface area contributed by atoms with Crippen LogP contribution in [0.4, 0.5) is 0 Å². The summed E-state index contributed by atoms with van der Waals surface area (Å²) in [6, 6.07) is 16.7. The van der Waals surface area contributed by atoms with Crippen LogP contribution in [0.25, 0.3) is 6.08 Å². The molecule has 242 valence electrons. The molecule has 1 atom stereocenters. The smallest absolute Gasteiger partial charge is 0.338 e. The molecule has 0 aliphatic carbocycles. The van der Waals surface area contributed by atoms with Crippen LogP contribution in [0.1, 0.15) is 56.0 Å². The number of methoxy groups -OCH3 is 1. The summed E-state index contributed by atoms with van der Waals surface area (Å²) in [6.45, 7) is 7.57. The third-order valence-corrected chi connectivity index (χ3v) is 8.65. The van der Waals surface area contributed by atoms with Gasteiger partial charge in [0.25, 0.3) is 5.56 Å². The first-order valence-electron chi connectivity index (χ1n) is 14.7. The van der Waals surface area contributed by atoms with Crippen molar-refractivity contribution < 1.29 is 23.7 Å². The Morgan fingerprint density at radius 2 is 1.87 bits per heavy atom. The highest BCUT2D eigenvalue weighted by Crippen LogP contribution is 2.37. The minimum absolute atomic E-state index is 0.0948. The number of hydrogen-bond donors (Lipinski definition) is 0. The van der Waals surface area contributed by atoms with Gasteiger partial charge < -0.3 is 18.9 Å². The average Bonchev–Trinajstić information content (AvgIpc) is 3.33. The summed E-state index contributed by atoms with van der Waals surface area (Å²) in [5.74, 6) is 0.739. The minimum Gasteiger partial charge on any atom is -0.493 e. The molecule has 3 aromatic carbocycles. The van der Waals surface area contributed by atoms with Gasteiger partial charge in [-0.3, -0.25) is 9.36 Å². The lowest BCUT2D eigenvalue weighted by atomic mass is 9.95. The van der Waals surface area contributed by atoms with Gasteiger partial charge in [0.1, 0.15) is 12.4 Å². The van der Waals surface area contributed by atoms with Crippen LogP contribution in [0, 0.1) is 11.3 Å². The van der Waals surface area contributed by atoms with Gasteiger partial charge in [-0.15, -0.1) is 0 Å². The molecule has 0 spiro atoms. The van der Waals surface area contributed by atoms with E-state index >= 15 is 0 Å². The van der Waals surface area contributed by atoms with Crippen molar-refractivity contribution in [2.45, 2.75) is 46.4 Å². The number of carbonyl (C=O) groups is 1. The molecule has 0 unspecified atom stereocenters. The van der Waals surface area contributed by atoms with Gasteiger partial charge in [0, 0.05) is 10.6 Å². The van der Waals surface area contributed by atoms with Crippen LogP contribution in [0.3, 0.4) is 0 Å². The number of nitriles is 1. The molecule has 0 bridgehead atoms. The summed E-state index contributed by atoms with van der Waals surface area (Å²) < 4.78 is 24.9. The summed E-state index contributed by atoms with van der Waals surface area (Å²) >= 11 is 14.1. The van der Waals surface area contributed by atoms with E-state index in [9.17, 15) is 9.59 Å². The molecule has 1 aliphatic heterocycles. The van der Waals surface area contributed by atoms with E-state index in [1.54, 1.807) is 74.5 Å². The fourth-order valence-electron chi connectivity index (χ4n) is 5.12. The highest BCUT2D eigenvalue weighted by Gasteiger charge is 2.34. The van der Waals surface area contributed by atoms with Gasteiger partial charge in [-0.2, -0.15) is 5.26 Å². The molecule has 4 aromatic rings. The zero-order valence-corrected chi connectivity index (χ0v) is 28.6. The normalized spacial score (nSPS) is 14.4. The topological polar surface area (TPSA) is 112 Å². The summed E-state index contributed by atoms with van der Waals surface area (Å²) in [5.41, 5.74) is 2.73. The predicted molar refractivity (Wildman–Crippen MR) is 181 cm³/mol. The van der Waals surface area contributed by atoms with Crippen LogP contribution in [-0.2, 0) is 16.1 Å². The number of thiazole rings is 1. The molecular formula is C35H31Cl2N3O6S. The summed E-state index contributed by atoms with van der Waals surface area (Å²) in [5, 5.41) is 9.72. The second-order valence-corrected chi connectivity index (χ2v) is 12.6. The van der Waals surface area contributed by atoms with E-state index in [1.165, 1.54) is 11.7 Å². The maximum atomic E-state index is 14.2. The van der Waals surface area contributed by atoms with E-state index in [-0.39, 0.29) is 35.5 Å². The number of allylic oxidation sites excluding steroid dienone is 1. The molecule has 0 saturated carbocycles. The summed E-state index contributed by atoms with van der Waals surface area (Å²) in [7, 11) is 1.53. The number of carbonyl (C=O) groups excluding carboxylic acids is 1. The van der Waals surface area contributed by atoms with E-state index in [4.69, 9.17) is 47.4 Å². The van der Waals surface area contributed by atoms with Crippen LogP contribution in [0.2, 0.25) is 10.0 Å². The minimum atomic E-state index is -0.857. The van der Waals surface area contributed by atoms with E-state index in [2.05, 4.69) is 11.1 Å². The third kappa shape index (κ3) is 7.23. The molecule has 1 aliphatic rings. The quantitative estimate of drug-likeness (QED) is 0.178. The van der Waals surface area contributed by atoms with Gasteiger partial charge in [0.05, 0.1) is 58.3 Å². The number of esters is 1. The fraction of sp³-hybridized carbons (Fsp3) is 0.257. The molecule has 1 aromatic heterocycles. The number of rotatable bonds is 10. The van der Waals surface area contributed by atoms with Crippen molar-refractivity contribution in [1.82, 2.24) is 4.57 Å². The standard InChI is InChI=1S/C35H31Cl2N3O6S/c1-6-44-34(42)30-20(4)39-35-40(31(30)23-11-12-27(46-19(2)3)28(14-23)43-5)33(41)29(47-35)15-24-13-25(36)16-26(37)32(24)45-18-22-9-7-21(17-38)8-10-22/h7-16,19,31H,6,18H2,1-5H3/b29-15+/t31-/m0/s1. The summed E-state index contributed by atoms with van der Waals surface area (Å²) in [6.07, 6.45) is 1.55. The second kappa shape index (κ2) is 14.5. The number of nitrogens with zero attached hydrogens (tertiary/aromatic N) is 3. The number of benzene rings is 3. The molecule has 47 heavy (non-hydrogen) atoms. The number of aromatic nitrogens is 1. The van der Waals surface area contributed by atoms with E-state index in [0.717, 1.165) is 16.9 Å². The predicted octanol–water partition coefficient (Wildman–Crippen LogP) is 6.35. The second-order valence-electron chi connectivity index (χ2n) is 10.8. The van der Waals surface area contributed by atoms with Crippen LogP contribution < -0.4 is 29.1 Å². The molecule has 12 heteroatoms. The van der Waals surface area contributed by atoms with E-state index in [0.29, 0.717) is 54.0 Å². The van der Waals surface area contributed by atoms with Crippen molar-refractivity contribution in [2.75, 3.05) is 13.7 Å². The highest BCUT2D eigenvalue weighted by molar-refractivity contribution is 7.07. The number of ether oxygens (including phenoxy) is 4. The van der Waals surface area contributed by atoms with E-state index < -0.39 is 12.0 Å². The Labute approximate surface area is 285 Å². The lowest BCUT2D eigenvalue weighted by molar-refractivity contribution is -0.139. The van der Waals surface area contributed by atoms with Gasteiger partial charge in [-0.25, -0.2) is 9.79 Å². The molecule has 0 saturated heterocycles. The van der Waals surface area contributed by atoms with Gasteiger partial charge in [-0.1, -0.05) is 52.7 Å². The van der Waals surface area contributed by atoms with Gasteiger partial charge in [0.2, 0.25) is 0 Å². The molecular weight excluding hydrogens is 661 g/mol. The maximum Gasteiger partial charge on any atom is 0.338 e. The Hall–Kier alpha value is -4.56. The van der Waals surface area contributed by atoms with Gasteiger partial charge in [0.15, 0.2) is 16.3 Å². The number of halogens is 2. The first-order chi connectivity index (χ1) is 22.5.